The number of ether oxygens (including phenoxy) is 1. The highest BCUT2D eigenvalue weighted by molar-refractivity contribution is 6.42. The van der Waals surface area contributed by atoms with Crippen molar-refractivity contribution in [2.24, 2.45) is 0 Å². The summed E-state index contributed by atoms with van der Waals surface area (Å²) in [5.41, 5.74) is 4.63. The van der Waals surface area contributed by atoms with Crippen molar-refractivity contribution in [3.63, 3.8) is 0 Å². The van der Waals surface area contributed by atoms with Gasteiger partial charge in [-0.3, -0.25) is 4.98 Å². The van der Waals surface area contributed by atoms with E-state index in [-0.39, 0.29) is 12.4 Å². The van der Waals surface area contributed by atoms with Crippen molar-refractivity contribution in [3.8, 4) is 5.75 Å². The van der Waals surface area contributed by atoms with Crippen molar-refractivity contribution in [2.75, 3.05) is 0 Å². The lowest BCUT2D eigenvalue weighted by Crippen LogP contribution is -2.04. The quantitative estimate of drug-likeness (QED) is 0.552. The Hall–Kier alpha value is -1.42. The van der Waals surface area contributed by atoms with Gasteiger partial charge < -0.3 is 9.30 Å². The maximum atomic E-state index is 6.03. The number of aryl methyl sites for hydroxylation is 2. The molecule has 0 spiro atoms. The topological polar surface area (TPSA) is 27.1 Å². The summed E-state index contributed by atoms with van der Waals surface area (Å²) >= 11 is 12.0. The molecule has 3 rings (SSSR count). The zero-order valence-electron chi connectivity index (χ0n) is 13.8. The summed E-state index contributed by atoms with van der Waals surface area (Å²) in [6.07, 6.45) is 1.84. The van der Waals surface area contributed by atoms with Crippen LogP contribution >= 0.6 is 35.6 Å². The first-order chi connectivity index (χ1) is 11.0. The Balaban J connectivity index is 0.00000208. The number of pyridine rings is 1. The van der Waals surface area contributed by atoms with Gasteiger partial charge in [0.2, 0.25) is 0 Å². The van der Waals surface area contributed by atoms with Crippen LogP contribution in [0.5, 0.6) is 5.75 Å². The molecule has 2 heterocycles. The van der Waals surface area contributed by atoms with E-state index in [1.165, 1.54) is 16.6 Å². The Bertz CT molecular complexity index is 874. The molecule has 6 heteroatoms. The molecule has 0 aliphatic heterocycles. The van der Waals surface area contributed by atoms with Crippen molar-refractivity contribution in [3.05, 3.63) is 57.5 Å². The second kappa shape index (κ2) is 7.64. The molecule has 0 fully saturated rings. The van der Waals surface area contributed by atoms with Gasteiger partial charge in [-0.05, 0) is 44.5 Å². The standard InChI is InChI=1S/C18H18Cl2N2O.ClH/c1-4-22-12(3)11(2)14-7-8-21-17(18(14)22)10-23-13-5-6-15(19)16(20)9-13;/h5-9H,4,10H2,1-3H3;1H. The van der Waals surface area contributed by atoms with E-state index in [9.17, 15) is 0 Å². The van der Waals surface area contributed by atoms with Crippen LogP contribution in [0.3, 0.4) is 0 Å². The molecule has 0 N–H and O–H groups in total. The molecular formula is C18H19Cl3N2O. The summed E-state index contributed by atoms with van der Waals surface area (Å²) in [7, 11) is 0. The van der Waals surface area contributed by atoms with E-state index in [0.717, 1.165) is 17.8 Å². The number of benzene rings is 1. The molecule has 2 aromatic heterocycles. The summed E-state index contributed by atoms with van der Waals surface area (Å²) in [6, 6.07) is 7.33. The van der Waals surface area contributed by atoms with Crippen LogP contribution in [0.25, 0.3) is 10.9 Å². The zero-order valence-corrected chi connectivity index (χ0v) is 16.1. The molecule has 3 aromatic rings. The van der Waals surface area contributed by atoms with E-state index in [2.05, 4.69) is 36.4 Å². The molecule has 0 saturated heterocycles. The fraction of sp³-hybridized carbons (Fsp3) is 0.278. The van der Waals surface area contributed by atoms with Crippen LogP contribution in [0.4, 0.5) is 0 Å². The maximum absolute atomic E-state index is 6.03. The third kappa shape index (κ3) is 3.34. The van der Waals surface area contributed by atoms with Crippen LogP contribution in [0.1, 0.15) is 23.9 Å². The van der Waals surface area contributed by atoms with E-state index in [0.29, 0.717) is 22.4 Å². The lowest BCUT2D eigenvalue weighted by atomic mass is 10.2. The van der Waals surface area contributed by atoms with Crippen LogP contribution in [0.15, 0.2) is 30.5 Å². The minimum Gasteiger partial charge on any atom is -0.487 e. The summed E-state index contributed by atoms with van der Waals surface area (Å²) in [6.45, 7) is 7.72. The van der Waals surface area contributed by atoms with Crippen molar-refractivity contribution >= 4 is 46.5 Å². The molecule has 0 radical (unpaired) electrons. The van der Waals surface area contributed by atoms with Crippen LogP contribution in [0, 0.1) is 13.8 Å². The van der Waals surface area contributed by atoms with Crippen molar-refractivity contribution in [1.29, 1.82) is 0 Å². The Labute approximate surface area is 158 Å². The van der Waals surface area contributed by atoms with Crippen LogP contribution < -0.4 is 4.74 Å². The third-order valence-corrected chi connectivity index (χ3v) is 4.94. The second-order valence-electron chi connectivity index (χ2n) is 5.47. The summed E-state index contributed by atoms with van der Waals surface area (Å²) < 4.78 is 8.15. The first-order valence-corrected chi connectivity index (χ1v) is 8.29. The molecule has 1 aromatic carbocycles. The van der Waals surface area contributed by atoms with Gasteiger partial charge in [-0.15, -0.1) is 12.4 Å². The molecule has 128 valence electrons. The fourth-order valence-corrected chi connectivity index (χ4v) is 3.17. The molecule has 0 bridgehead atoms. The van der Waals surface area contributed by atoms with Crippen LogP contribution in [-0.4, -0.2) is 9.55 Å². The Morgan fingerprint density at radius 3 is 2.54 bits per heavy atom. The SMILES string of the molecule is CCn1c(C)c(C)c2ccnc(COc3ccc(Cl)c(Cl)c3)c21.Cl. The number of nitrogens with zero attached hydrogens (tertiary/aromatic N) is 2. The minimum absolute atomic E-state index is 0. The van der Waals surface area contributed by atoms with Crippen molar-refractivity contribution < 1.29 is 4.74 Å². The maximum Gasteiger partial charge on any atom is 0.132 e. The first kappa shape index (κ1) is 18.9. The number of aromatic nitrogens is 2. The van der Waals surface area contributed by atoms with Gasteiger partial charge in [0.25, 0.3) is 0 Å². The van der Waals surface area contributed by atoms with E-state index in [4.69, 9.17) is 27.9 Å². The molecule has 3 nitrogen and oxygen atoms in total. The van der Waals surface area contributed by atoms with Crippen LogP contribution in [0.2, 0.25) is 10.0 Å². The molecular weight excluding hydrogens is 367 g/mol. The van der Waals surface area contributed by atoms with E-state index in [1.807, 2.05) is 12.3 Å². The average molecular weight is 386 g/mol. The largest absolute Gasteiger partial charge is 0.487 e. The normalized spacial score (nSPS) is 10.7. The van der Waals surface area contributed by atoms with Gasteiger partial charge in [-0.25, -0.2) is 0 Å². The second-order valence-corrected chi connectivity index (χ2v) is 6.29. The Morgan fingerprint density at radius 1 is 1.12 bits per heavy atom. The number of rotatable bonds is 4. The molecule has 0 saturated carbocycles. The van der Waals surface area contributed by atoms with Gasteiger partial charge in [-0.2, -0.15) is 0 Å². The van der Waals surface area contributed by atoms with Crippen molar-refractivity contribution in [1.82, 2.24) is 9.55 Å². The first-order valence-electron chi connectivity index (χ1n) is 7.54. The predicted molar refractivity (Wildman–Crippen MR) is 103 cm³/mol. The highest BCUT2D eigenvalue weighted by atomic mass is 35.5. The van der Waals surface area contributed by atoms with Crippen LogP contribution in [-0.2, 0) is 13.2 Å². The van der Waals surface area contributed by atoms with Gasteiger partial charge in [0.05, 0.1) is 15.6 Å². The van der Waals surface area contributed by atoms with E-state index >= 15 is 0 Å². The van der Waals surface area contributed by atoms with E-state index in [1.54, 1.807) is 12.1 Å². The minimum atomic E-state index is 0. The third-order valence-electron chi connectivity index (χ3n) is 4.20. The lowest BCUT2D eigenvalue weighted by molar-refractivity contribution is 0.302. The molecule has 24 heavy (non-hydrogen) atoms. The van der Waals surface area contributed by atoms with Gasteiger partial charge in [0, 0.05) is 29.9 Å². The highest BCUT2D eigenvalue weighted by Gasteiger charge is 2.14. The lowest BCUT2D eigenvalue weighted by Gasteiger charge is -2.10. The van der Waals surface area contributed by atoms with Gasteiger partial charge >= 0.3 is 0 Å². The predicted octanol–water partition coefficient (Wildman–Crippen LogP) is 5.98. The Morgan fingerprint density at radius 2 is 1.88 bits per heavy atom. The van der Waals surface area contributed by atoms with Gasteiger partial charge in [-0.1, -0.05) is 23.2 Å². The highest BCUT2D eigenvalue weighted by Crippen LogP contribution is 2.29. The van der Waals surface area contributed by atoms with Gasteiger partial charge in [0.1, 0.15) is 18.1 Å². The Kier molecular flexibility index (Phi) is 6.02. The smallest absolute Gasteiger partial charge is 0.132 e. The molecule has 0 aliphatic carbocycles. The average Bonchev–Trinajstić information content (AvgIpc) is 2.80. The number of hydrogen-bond donors (Lipinski definition) is 0. The summed E-state index contributed by atoms with van der Waals surface area (Å²) in [5.74, 6) is 0.682. The molecule has 0 atom stereocenters. The number of hydrogen-bond acceptors (Lipinski definition) is 2. The number of halogens is 3. The fourth-order valence-electron chi connectivity index (χ4n) is 2.89. The number of fused-ring (bicyclic) bond motifs is 1. The molecule has 0 amide bonds. The van der Waals surface area contributed by atoms with E-state index < -0.39 is 0 Å². The monoisotopic (exact) mass is 384 g/mol. The molecule has 0 aliphatic rings. The van der Waals surface area contributed by atoms with Gasteiger partial charge in [0.15, 0.2) is 0 Å². The summed E-state index contributed by atoms with van der Waals surface area (Å²) in [5, 5.41) is 2.23. The summed E-state index contributed by atoms with van der Waals surface area (Å²) in [4.78, 5) is 4.52. The van der Waals surface area contributed by atoms with Crippen molar-refractivity contribution in [2.45, 2.75) is 33.9 Å². The zero-order chi connectivity index (χ0) is 16.6. The molecule has 0 unspecified atom stereocenters.